The van der Waals surface area contributed by atoms with Gasteiger partial charge in [0.1, 0.15) is 6.61 Å². The van der Waals surface area contributed by atoms with Crippen LogP contribution in [-0.2, 0) is 9.53 Å². The van der Waals surface area contributed by atoms with Crippen molar-refractivity contribution in [2.45, 2.75) is 0 Å². The van der Waals surface area contributed by atoms with E-state index in [-0.39, 0.29) is 5.97 Å². The molecule has 3 heteroatoms. The molecule has 0 saturated carbocycles. The molecule has 0 aromatic carbocycles. The van der Waals surface area contributed by atoms with Crippen molar-refractivity contribution in [2.24, 2.45) is 0 Å². The summed E-state index contributed by atoms with van der Waals surface area (Å²) in [6.45, 7) is 2.43. The molecule has 1 saturated heterocycles. The lowest BCUT2D eigenvalue weighted by atomic mass is 10.5. The summed E-state index contributed by atoms with van der Waals surface area (Å²) in [5.41, 5.74) is 0. The van der Waals surface area contributed by atoms with Gasteiger partial charge < -0.3 is 4.74 Å². The molecule has 0 spiro atoms. The predicted molar refractivity (Wildman–Crippen MR) is 23.3 cm³/mol. The summed E-state index contributed by atoms with van der Waals surface area (Å²) >= 11 is 0. The highest BCUT2D eigenvalue weighted by Gasteiger charge is 2.05. The molecule has 39 valence electrons. The predicted octanol–water partition coefficient (Wildman–Crippen LogP) is -0.705. The van der Waals surface area contributed by atoms with Gasteiger partial charge in [-0.3, -0.25) is 10.1 Å². The molecule has 1 aliphatic rings. The summed E-state index contributed by atoms with van der Waals surface area (Å²) in [4.78, 5) is 10.2. The number of morpholine rings is 1. The average Bonchev–Trinajstić information content (AvgIpc) is 1.69. The number of rotatable bonds is 0. The second-order valence-corrected chi connectivity index (χ2v) is 1.27. The Kier molecular flexibility index (Phi) is 1.26. The first-order chi connectivity index (χ1) is 3.39. The highest BCUT2D eigenvalue weighted by atomic mass is 16.5. The van der Waals surface area contributed by atoms with Crippen molar-refractivity contribution in [3.8, 4) is 0 Å². The van der Waals surface area contributed by atoms with Crippen LogP contribution in [0.5, 0.6) is 0 Å². The van der Waals surface area contributed by atoms with E-state index in [1.54, 1.807) is 6.54 Å². The van der Waals surface area contributed by atoms with Crippen LogP contribution >= 0.6 is 0 Å². The van der Waals surface area contributed by atoms with Gasteiger partial charge >= 0.3 is 5.97 Å². The van der Waals surface area contributed by atoms with Crippen molar-refractivity contribution < 1.29 is 9.53 Å². The van der Waals surface area contributed by atoms with E-state index in [1.165, 1.54) is 0 Å². The number of ether oxygens (including phenoxy) is 1. The van der Waals surface area contributed by atoms with Gasteiger partial charge in [-0.15, -0.1) is 0 Å². The normalized spacial score (nSPS) is 21.4. The lowest BCUT2D eigenvalue weighted by molar-refractivity contribution is -0.143. The molecule has 0 atom stereocenters. The Labute approximate surface area is 41.7 Å². The van der Waals surface area contributed by atoms with Crippen molar-refractivity contribution in [2.75, 3.05) is 13.2 Å². The number of cyclic esters (lactones) is 1. The minimum Gasteiger partial charge on any atom is -0.463 e. The van der Waals surface area contributed by atoms with Gasteiger partial charge in [0.15, 0.2) is 0 Å². The summed E-state index contributed by atoms with van der Waals surface area (Å²) in [5, 5.41) is 2.73. The molecule has 0 unspecified atom stereocenters. The van der Waals surface area contributed by atoms with E-state index in [2.05, 4.69) is 10.1 Å². The zero-order chi connectivity index (χ0) is 5.11. The lowest BCUT2D eigenvalue weighted by Gasteiger charge is -2.09. The molecule has 1 radical (unpaired) electrons. The third-order valence-electron chi connectivity index (χ3n) is 0.718. The van der Waals surface area contributed by atoms with E-state index in [4.69, 9.17) is 0 Å². The maximum absolute atomic E-state index is 10.2. The zero-order valence-electron chi connectivity index (χ0n) is 3.81. The third kappa shape index (κ3) is 1.16. The van der Waals surface area contributed by atoms with Crippen LogP contribution in [0.15, 0.2) is 0 Å². The summed E-state index contributed by atoms with van der Waals surface area (Å²) in [5.74, 6) is -0.178. The van der Waals surface area contributed by atoms with Gasteiger partial charge in [-0.25, -0.2) is 0 Å². The fourth-order valence-corrected chi connectivity index (χ4v) is 0.400. The first-order valence-corrected chi connectivity index (χ1v) is 2.10. The Balaban J connectivity index is 2.25. The summed E-state index contributed by atoms with van der Waals surface area (Å²) < 4.78 is 4.52. The molecule has 1 fully saturated rings. The molecular weight excluding hydrogens is 94.0 g/mol. The Morgan fingerprint density at radius 3 is 3.00 bits per heavy atom. The molecule has 1 rings (SSSR count). The second-order valence-electron chi connectivity index (χ2n) is 1.27. The van der Waals surface area contributed by atoms with Crippen LogP contribution in [-0.4, -0.2) is 19.1 Å². The first-order valence-electron chi connectivity index (χ1n) is 2.10. The van der Waals surface area contributed by atoms with Gasteiger partial charge in [-0.1, -0.05) is 0 Å². The minimum atomic E-state index is -0.178. The molecule has 1 N–H and O–H groups in total. The van der Waals surface area contributed by atoms with Crippen LogP contribution in [0.2, 0.25) is 0 Å². The van der Waals surface area contributed by atoms with E-state index >= 15 is 0 Å². The molecule has 0 amide bonds. The van der Waals surface area contributed by atoms with Gasteiger partial charge in [0.05, 0.1) is 13.1 Å². The van der Waals surface area contributed by atoms with Crippen LogP contribution in [0.4, 0.5) is 0 Å². The van der Waals surface area contributed by atoms with Crippen molar-refractivity contribution in [3.63, 3.8) is 0 Å². The van der Waals surface area contributed by atoms with E-state index in [1.807, 2.05) is 0 Å². The summed E-state index contributed by atoms with van der Waals surface area (Å²) in [6, 6.07) is 0. The van der Waals surface area contributed by atoms with Gasteiger partial charge in [0.2, 0.25) is 0 Å². The molecule has 7 heavy (non-hydrogen) atoms. The quantitative estimate of drug-likeness (QED) is 0.409. The molecule has 3 nitrogen and oxygen atoms in total. The third-order valence-corrected chi connectivity index (χ3v) is 0.718. The maximum Gasteiger partial charge on any atom is 0.319 e. The molecule has 0 aromatic heterocycles. The second kappa shape index (κ2) is 1.93. The van der Waals surface area contributed by atoms with Crippen molar-refractivity contribution in [3.05, 3.63) is 6.54 Å². The molecule has 1 aliphatic heterocycles. The Hall–Kier alpha value is -0.570. The Morgan fingerprint density at radius 1 is 1.86 bits per heavy atom. The molecule has 0 bridgehead atoms. The van der Waals surface area contributed by atoms with Crippen LogP contribution < -0.4 is 5.32 Å². The van der Waals surface area contributed by atoms with E-state index in [0.717, 1.165) is 0 Å². The maximum atomic E-state index is 10.2. The monoisotopic (exact) mass is 100 g/mol. The smallest absolute Gasteiger partial charge is 0.319 e. The fraction of sp³-hybridized carbons (Fsp3) is 0.500. The lowest BCUT2D eigenvalue weighted by Crippen LogP contribution is -2.30. The van der Waals surface area contributed by atoms with Gasteiger partial charge in [0, 0.05) is 0 Å². The fourth-order valence-electron chi connectivity index (χ4n) is 0.400. The van der Waals surface area contributed by atoms with E-state index in [0.29, 0.717) is 13.2 Å². The number of hydrogen-bond donors (Lipinski definition) is 1. The van der Waals surface area contributed by atoms with Gasteiger partial charge in [-0.2, -0.15) is 0 Å². The van der Waals surface area contributed by atoms with Crippen LogP contribution in [0.1, 0.15) is 0 Å². The number of carbonyl (C=O) groups excluding carboxylic acids is 1. The standard InChI is InChI=1S/C4H6NO2/c6-4-3-5-1-2-7-4/h1,5H,2-3H2. The number of nitrogens with one attached hydrogen (secondary N) is 1. The van der Waals surface area contributed by atoms with Crippen LogP contribution in [0.3, 0.4) is 0 Å². The molecule has 0 aromatic rings. The zero-order valence-corrected chi connectivity index (χ0v) is 3.81. The van der Waals surface area contributed by atoms with E-state index < -0.39 is 0 Å². The van der Waals surface area contributed by atoms with Gasteiger partial charge in [-0.05, 0) is 0 Å². The molecule has 1 heterocycles. The minimum absolute atomic E-state index is 0.178. The van der Waals surface area contributed by atoms with Crippen molar-refractivity contribution in [1.29, 1.82) is 0 Å². The van der Waals surface area contributed by atoms with Crippen molar-refractivity contribution >= 4 is 5.97 Å². The number of esters is 1. The largest absolute Gasteiger partial charge is 0.463 e. The molecular formula is C4H6NO2. The highest BCUT2D eigenvalue weighted by Crippen LogP contribution is 1.84. The topological polar surface area (TPSA) is 38.3 Å². The number of carbonyl (C=O) groups is 1. The SMILES string of the molecule is O=C1CN[CH]CO1. The number of hydrogen-bond acceptors (Lipinski definition) is 3. The Morgan fingerprint density at radius 2 is 2.71 bits per heavy atom. The summed E-state index contributed by atoms with van der Waals surface area (Å²) in [7, 11) is 0. The average molecular weight is 100 g/mol. The van der Waals surface area contributed by atoms with Crippen molar-refractivity contribution in [1.82, 2.24) is 5.32 Å². The molecule has 0 aliphatic carbocycles. The van der Waals surface area contributed by atoms with Gasteiger partial charge in [0.25, 0.3) is 0 Å². The van der Waals surface area contributed by atoms with Crippen LogP contribution in [0.25, 0.3) is 0 Å². The first kappa shape index (κ1) is 4.59. The Bertz CT molecular complexity index is 73.8. The van der Waals surface area contributed by atoms with E-state index in [9.17, 15) is 4.79 Å². The highest BCUT2D eigenvalue weighted by molar-refractivity contribution is 5.72. The summed E-state index contributed by atoms with van der Waals surface area (Å²) in [6.07, 6.45) is 0. The van der Waals surface area contributed by atoms with Crippen LogP contribution in [0, 0.1) is 6.54 Å².